The van der Waals surface area contributed by atoms with Crippen LogP contribution in [0.15, 0.2) is 34.8 Å². The topological polar surface area (TPSA) is 20.2 Å². The summed E-state index contributed by atoms with van der Waals surface area (Å²) in [4.78, 5) is 0. The highest BCUT2D eigenvalue weighted by atomic mass is 79.9. The molecule has 0 saturated heterocycles. The highest BCUT2D eigenvalue weighted by Gasteiger charge is 2.21. The third-order valence-corrected chi connectivity index (χ3v) is 4.20. The van der Waals surface area contributed by atoms with E-state index in [0.717, 1.165) is 5.56 Å². The number of aryl methyl sites for hydroxylation is 2. The van der Waals surface area contributed by atoms with E-state index in [-0.39, 0.29) is 11.1 Å². The van der Waals surface area contributed by atoms with Crippen LogP contribution in [0.5, 0.6) is 0 Å². The fraction of sp³-hybridized carbons (Fsp3) is 0.200. The normalized spacial score (nSPS) is 12.5. The molecule has 0 heterocycles. The van der Waals surface area contributed by atoms with E-state index in [1.807, 2.05) is 13.0 Å². The third-order valence-electron chi connectivity index (χ3n) is 3.12. The molecule has 19 heavy (non-hydrogen) atoms. The van der Waals surface area contributed by atoms with Crippen LogP contribution in [-0.4, -0.2) is 5.11 Å². The zero-order valence-electron chi connectivity index (χ0n) is 10.5. The number of rotatable bonds is 2. The third kappa shape index (κ3) is 2.55. The average molecular weight is 327 g/mol. The van der Waals surface area contributed by atoms with Gasteiger partial charge in [-0.15, -0.1) is 0 Å². The molecule has 0 aliphatic rings. The average Bonchev–Trinajstić information content (AvgIpc) is 2.39. The quantitative estimate of drug-likeness (QED) is 0.865. The second-order valence-corrected chi connectivity index (χ2v) is 5.27. The molecule has 1 unspecified atom stereocenters. The van der Waals surface area contributed by atoms with E-state index in [2.05, 4.69) is 15.9 Å². The second kappa shape index (κ2) is 5.39. The maximum Gasteiger partial charge on any atom is 0.165 e. The molecule has 0 spiro atoms. The van der Waals surface area contributed by atoms with Crippen molar-refractivity contribution in [2.24, 2.45) is 0 Å². The van der Waals surface area contributed by atoms with E-state index in [4.69, 9.17) is 0 Å². The summed E-state index contributed by atoms with van der Waals surface area (Å²) >= 11 is 3.36. The Hall–Kier alpha value is -1.26. The lowest BCUT2D eigenvalue weighted by Gasteiger charge is -2.16. The molecule has 4 heteroatoms. The van der Waals surface area contributed by atoms with Crippen LogP contribution in [0.1, 0.15) is 28.4 Å². The zero-order chi connectivity index (χ0) is 14.2. The van der Waals surface area contributed by atoms with Crippen molar-refractivity contribution in [3.05, 3.63) is 68.7 Å². The van der Waals surface area contributed by atoms with Gasteiger partial charge in [-0.1, -0.05) is 46.3 Å². The summed E-state index contributed by atoms with van der Waals surface area (Å²) < 4.78 is 28.1. The lowest BCUT2D eigenvalue weighted by Crippen LogP contribution is -2.06. The summed E-state index contributed by atoms with van der Waals surface area (Å²) in [6.07, 6.45) is -1.20. The molecule has 2 aromatic rings. The second-order valence-electron chi connectivity index (χ2n) is 4.48. The van der Waals surface area contributed by atoms with Crippen molar-refractivity contribution in [2.75, 3.05) is 0 Å². The van der Waals surface area contributed by atoms with Gasteiger partial charge in [-0.05, 0) is 30.5 Å². The van der Waals surface area contributed by atoms with Crippen LogP contribution in [0.2, 0.25) is 0 Å². The molecular weight excluding hydrogens is 314 g/mol. The van der Waals surface area contributed by atoms with Crippen molar-refractivity contribution in [1.82, 2.24) is 0 Å². The van der Waals surface area contributed by atoms with Gasteiger partial charge in [0.2, 0.25) is 0 Å². The minimum absolute atomic E-state index is 0.0607. The van der Waals surface area contributed by atoms with Gasteiger partial charge in [-0.2, -0.15) is 0 Å². The van der Waals surface area contributed by atoms with Crippen molar-refractivity contribution in [2.45, 2.75) is 20.0 Å². The summed E-state index contributed by atoms with van der Waals surface area (Å²) in [5.74, 6) is -1.92. The van der Waals surface area contributed by atoms with E-state index in [1.54, 1.807) is 12.1 Å². The molecule has 2 aromatic carbocycles. The summed E-state index contributed by atoms with van der Waals surface area (Å²) in [5.41, 5.74) is 1.60. The van der Waals surface area contributed by atoms with Crippen molar-refractivity contribution in [3.8, 4) is 0 Å². The maximum absolute atomic E-state index is 13.9. The Bertz CT molecular complexity index is 626. The van der Waals surface area contributed by atoms with Gasteiger partial charge in [0.05, 0.1) is 0 Å². The molecule has 100 valence electrons. The Kier molecular flexibility index (Phi) is 4.02. The highest BCUT2D eigenvalue weighted by molar-refractivity contribution is 9.10. The lowest BCUT2D eigenvalue weighted by molar-refractivity contribution is 0.212. The Morgan fingerprint density at radius 2 is 1.63 bits per heavy atom. The lowest BCUT2D eigenvalue weighted by atomic mass is 9.98. The first-order valence-electron chi connectivity index (χ1n) is 5.81. The molecule has 0 amide bonds. The van der Waals surface area contributed by atoms with Crippen LogP contribution >= 0.6 is 15.9 Å². The molecule has 1 nitrogen and oxygen atoms in total. The molecule has 1 N–H and O–H groups in total. The van der Waals surface area contributed by atoms with Crippen LogP contribution in [0.25, 0.3) is 0 Å². The SMILES string of the molecule is Cc1ccc(C(O)c2cccc(C)c2Br)c(F)c1F. The van der Waals surface area contributed by atoms with E-state index in [0.29, 0.717) is 10.0 Å². The van der Waals surface area contributed by atoms with Crippen LogP contribution in [0, 0.1) is 25.5 Å². The minimum atomic E-state index is -1.20. The van der Waals surface area contributed by atoms with Gasteiger partial charge in [0, 0.05) is 10.0 Å². The van der Waals surface area contributed by atoms with Gasteiger partial charge in [-0.3, -0.25) is 0 Å². The largest absolute Gasteiger partial charge is 0.384 e. The van der Waals surface area contributed by atoms with Crippen LogP contribution in [-0.2, 0) is 0 Å². The first-order chi connectivity index (χ1) is 8.93. The van der Waals surface area contributed by atoms with Gasteiger partial charge in [0.25, 0.3) is 0 Å². The Labute approximate surface area is 119 Å². The number of aliphatic hydroxyl groups excluding tert-OH is 1. The summed E-state index contributed by atoms with van der Waals surface area (Å²) in [7, 11) is 0. The van der Waals surface area contributed by atoms with E-state index < -0.39 is 17.7 Å². The molecular formula is C15H13BrF2O. The smallest absolute Gasteiger partial charge is 0.165 e. The number of hydrogen-bond acceptors (Lipinski definition) is 1. The molecule has 0 bridgehead atoms. The summed E-state index contributed by atoms with van der Waals surface area (Å²) in [6, 6.07) is 8.18. The predicted octanol–water partition coefficient (Wildman–Crippen LogP) is 4.43. The van der Waals surface area contributed by atoms with Crippen molar-refractivity contribution >= 4 is 15.9 Å². The van der Waals surface area contributed by atoms with E-state index >= 15 is 0 Å². The highest BCUT2D eigenvalue weighted by Crippen LogP contribution is 2.32. The minimum Gasteiger partial charge on any atom is -0.384 e. The standard InChI is InChI=1S/C15H13BrF2O/c1-8-4-3-5-10(12(8)16)15(19)11-7-6-9(2)13(17)14(11)18/h3-7,15,19H,1-2H3. The molecule has 0 saturated carbocycles. The molecule has 0 aromatic heterocycles. The van der Waals surface area contributed by atoms with Gasteiger partial charge in [0.1, 0.15) is 6.10 Å². The Morgan fingerprint density at radius 1 is 0.947 bits per heavy atom. The molecule has 0 aliphatic heterocycles. The van der Waals surface area contributed by atoms with E-state index in [1.165, 1.54) is 19.1 Å². The van der Waals surface area contributed by atoms with Crippen LogP contribution < -0.4 is 0 Å². The first-order valence-corrected chi connectivity index (χ1v) is 6.60. The summed E-state index contributed by atoms with van der Waals surface area (Å²) in [6.45, 7) is 3.35. The fourth-order valence-electron chi connectivity index (χ4n) is 1.92. The van der Waals surface area contributed by atoms with Gasteiger partial charge in [0.15, 0.2) is 11.6 Å². The van der Waals surface area contributed by atoms with Gasteiger partial charge in [-0.25, -0.2) is 8.78 Å². The first kappa shape index (κ1) is 14.2. The number of benzene rings is 2. The molecule has 2 rings (SSSR count). The Balaban J connectivity index is 2.53. The van der Waals surface area contributed by atoms with Crippen LogP contribution in [0.4, 0.5) is 8.78 Å². The van der Waals surface area contributed by atoms with Gasteiger partial charge >= 0.3 is 0 Å². The predicted molar refractivity (Wildman–Crippen MR) is 74.0 cm³/mol. The molecule has 0 radical (unpaired) electrons. The summed E-state index contributed by atoms with van der Waals surface area (Å²) in [5, 5.41) is 10.3. The van der Waals surface area contributed by atoms with Crippen molar-refractivity contribution in [1.29, 1.82) is 0 Å². The number of halogens is 3. The van der Waals surface area contributed by atoms with Gasteiger partial charge < -0.3 is 5.11 Å². The fourth-order valence-corrected chi connectivity index (χ4v) is 2.40. The molecule has 1 atom stereocenters. The monoisotopic (exact) mass is 326 g/mol. The Morgan fingerprint density at radius 3 is 2.32 bits per heavy atom. The number of aliphatic hydroxyl groups is 1. The van der Waals surface area contributed by atoms with Crippen molar-refractivity contribution in [3.63, 3.8) is 0 Å². The van der Waals surface area contributed by atoms with Crippen LogP contribution in [0.3, 0.4) is 0 Å². The zero-order valence-corrected chi connectivity index (χ0v) is 12.1. The van der Waals surface area contributed by atoms with Crippen molar-refractivity contribution < 1.29 is 13.9 Å². The maximum atomic E-state index is 13.9. The molecule has 0 fully saturated rings. The number of hydrogen-bond donors (Lipinski definition) is 1. The van der Waals surface area contributed by atoms with E-state index in [9.17, 15) is 13.9 Å². The molecule has 0 aliphatic carbocycles.